The van der Waals surface area contributed by atoms with Crippen LogP contribution in [0.2, 0.25) is 0 Å². The van der Waals surface area contributed by atoms with Crippen LogP contribution in [0, 0.1) is 0 Å². The van der Waals surface area contributed by atoms with Crippen molar-refractivity contribution in [2.75, 3.05) is 37.8 Å². The molecule has 1 aliphatic carbocycles. The number of hydrogen-bond donors (Lipinski definition) is 2. The predicted molar refractivity (Wildman–Crippen MR) is 75.4 cm³/mol. The number of rotatable bonds is 6. The zero-order valence-electron chi connectivity index (χ0n) is 11.7. The highest BCUT2D eigenvalue weighted by molar-refractivity contribution is 5.80. The molecule has 0 radical (unpaired) electrons. The van der Waals surface area contributed by atoms with E-state index in [0.717, 1.165) is 24.5 Å². The van der Waals surface area contributed by atoms with Crippen LogP contribution < -0.4 is 10.6 Å². The quantitative estimate of drug-likeness (QED) is 0.809. The molecule has 6 heteroatoms. The van der Waals surface area contributed by atoms with Crippen LogP contribution in [-0.4, -0.2) is 48.0 Å². The van der Waals surface area contributed by atoms with Crippen LogP contribution >= 0.6 is 0 Å². The van der Waals surface area contributed by atoms with E-state index in [0.29, 0.717) is 18.3 Å². The van der Waals surface area contributed by atoms with Crippen molar-refractivity contribution in [3.63, 3.8) is 0 Å². The average molecular weight is 263 g/mol. The highest BCUT2D eigenvalue weighted by Crippen LogP contribution is 2.38. The first kappa shape index (κ1) is 13.6. The number of anilines is 2. The third-order valence-electron chi connectivity index (χ3n) is 3.26. The molecule has 0 saturated heterocycles. The molecule has 19 heavy (non-hydrogen) atoms. The van der Waals surface area contributed by atoms with Crippen LogP contribution in [0.4, 0.5) is 11.6 Å². The van der Waals surface area contributed by atoms with E-state index in [1.165, 1.54) is 0 Å². The number of aromatic nitrogens is 2. The Morgan fingerprint density at radius 1 is 1.42 bits per heavy atom. The van der Waals surface area contributed by atoms with Gasteiger partial charge in [0.15, 0.2) is 0 Å². The molecule has 1 heterocycles. The lowest BCUT2D eigenvalue weighted by molar-refractivity contribution is -0.127. The van der Waals surface area contributed by atoms with Crippen molar-refractivity contribution in [3.05, 3.63) is 11.9 Å². The maximum Gasteiger partial charge on any atom is 0.241 e. The predicted octanol–water partition coefficient (Wildman–Crippen LogP) is 1.29. The Balaban J connectivity index is 2.02. The monoisotopic (exact) mass is 263 g/mol. The third kappa shape index (κ3) is 3.56. The van der Waals surface area contributed by atoms with Gasteiger partial charge < -0.3 is 15.5 Å². The molecule has 1 fully saturated rings. The zero-order valence-corrected chi connectivity index (χ0v) is 11.7. The van der Waals surface area contributed by atoms with Crippen molar-refractivity contribution < 1.29 is 4.79 Å². The highest BCUT2D eigenvalue weighted by Gasteiger charge is 2.27. The largest absolute Gasteiger partial charge is 0.373 e. The van der Waals surface area contributed by atoms with E-state index in [4.69, 9.17) is 0 Å². The van der Waals surface area contributed by atoms with E-state index in [-0.39, 0.29) is 12.5 Å². The van der Waals surface area contributed by atoms with Gasteiger partial charge in [0, 0.05) is 32.6 Å². The zero-order chi connectivity index (χ0) is 13.8. The fourth-order valence-electron chi connectivity index (χ4n) is 1.69. The van der Waals surface area contributed by atoms with Crippen molar-refractivity contribution in [2.45, 2.75) is 25.7 Å². The summed E-state index contributed by atoms with van der Waals surface area (Å²) in [7, 11) is 3.62. The molecule has 1 saturated carbocycles. The summed E-state index contributed by atoms with van der Waals surface area (Å²) in [6.07, 6.45) is 2.31. The summed E-state index contributed by atoms with van der Waals surface area (Å²) >= 11 is 0. The van der Waals surface area contributed by atoms with Crippen LogP contribution in [0.1, 0.15) is 31.5 Å². The van der Waals surface area contributed by atoms with Gasteiger partial charge in [-0.15, -0.1) is 0 Å². The standard InChI is InChI=1S/C13H21N5O/c1-4-18(3)12(19)8-15-11-7-10(14-2)16-13(17-11)9-5-6-9/h7,9H,4-6,8H2,1-3H3,(H2,14,15,16,17). The van der Waals surface area contributed by atoms with E-state index >= 15 is 0 Å². The first-order chi connectivity index (χ1) is 9.13. The van der Waals surface area contributed by atoms with Gasteiger partial charge in [-0.2, -0.15) is 0 Å². The molecule has 0 aromatic carbocycles. The van der Waals surface area contributed by atoms with Gasteiger partial charge in [0.1, 0.15) is 17.5 Å². The molecule has 2 rings (SSSR count). The summed E-state index contributed by atoms with van der Waals surface area (Å²) in [6.45, 7) is 2.92. The number of carbonyl (C=O) groups excluding carboxylic acids is 1. The summed E-state index contributed by atoms with van der Waals surface area (Å²) in [4.78, 5) is 22.3. The Morgan fingerprint density at radius 3 is 2.68 bits per heavy atom. The van der Waals surface area contributed by atoms with Gasteiger partial charge in [0.2, 0.25) is 5.91 Å². The molecule has 1 aromatic rings. The van der Waals surface area contributed by atoms with Gasteiger partial charge in [-0.25, -0.2) is 9.97 Å². The lowest BCUT2D eigenvalue weighted by Gasteiger charge is -2.15. The molecule has 1 aliphatic rings. The number of likely N-dealkylation sites (N-methyl/N-ethyl adjacent to an activating group) is 1. The van der Waals surface area contributed by atoms with Gasteiger partial charge in [-0.05, 0) is 19.8 Å². The molecular weight excluding hydrogens is 242 g/mol. The second-order valence-corrected chi connectivity index (χ2v) is 4.78. The average Bonchev–Trinajstić information content (AvgIpc) is 3.27. The number of amides is 1. The summed E-state index contributed by atoms with van der Waals surface area (Å²) in [5, 5.41) is 6.10. The Bertz CT molecular complexity index is 458. The number of carbonyl (C=O) groups is 1. The first-order valence-corrected chi connectivity index (χ1v) is 6.68. The van der Waals surface area contributed by atoms with Crippen LogP contribution in [0.3, 0.4) is 0 Å². The summed E-state index contributed by atoms with van der Waals surface area (Å²) < 4.78 is 0. The van der Waals surface area contributed by atoms with E-state index in [9.17, 15) is 4.79 Å². The second kappa shape index (κ2) is 5.86. The van der Waals surface area contributed by atoms with Crippen molar-refractivity contribution in [2.24, 2.45) is 0 Å². The third-order valence-corrected chi connectivity index (χ3v) is 3.26. The van der Waals surface area contributed by atoms with E-state index in [1.807, 2.05) is 20.0 Å². The number of hydrogen-bond acceptors (Lipinski definition) is 5. The van der Waals surface area contributed by atoms with Gasteiger partial charge in [0.05, 0.1) is 6.54 Å². The van der Waals surface area contributed by atoms with Crippen LogP contribution in [0.5, 0.6) is 0 Å². The summed E-state index contributed by atoms with van der Waals surface area (Å²) in [6, 6.07) is 1.82. The lowest BCUT2D eigenvalue weighted by Crippen LogP contribution is -2.32. The maximum absolute atomic E-state index is 11.7. The fraction of sp³-hybridized carbons (Fsp3) is 0.615. The topological polar surface area (TPSA) is 70.2 Å². The minimum Gasteiger partial charge on any atom is -0.373 e. The second-order valence-electron chi connectivity index (χ2n) is 4.78. The Morgan fingerprint density at radius 2 is 2.11 bits per heavy atom. The molecule has 0 atom stereocenters. The van der Waals surface area contributed by atoms with E-state index < -0.39 is 0 Å². The summed E-state index contributed by atoms with van der Waals surface area (Å²) in [5.41, 5.74) is 0. The van der Waals surface area contributed by atoms with Crippen molar-refractivity contribution >= 4 is 17.5 Å². The lowest BCUT2D eigenvalue weighted by atomic mass is 10.3. The SMILES string of the molecule is CCN(C)C(=O)CNc1cc(NC)nc(C2CC2)n1. The molecule has 104 valence electrons. The number of nitrogens with zero attached hydrogens (tertiary/aromatic N) is 3. The van der Waals surface area contributed by atoms with Crippen molar-refractivity contribution in [3.8, 4) is 0 Å². The van der Waals surface area contributed by atoms with Crippen LogP contribution in [-0.2, 0) is 4.79 Å². The van der Waals surface area contributed by atoms with Gasteiger partial charge in [0.25, 0.3) is 0 Å². The summed E-state index contributed by atoms with van der Waals surface area (Å²) in [5.74, 6) is 2.91. The molecular formula is C13H21N5O. The molecule has 6 nitrogen and oxygen atoms in total. The van der Waals surface area contributed by atoms with Crippen LogP contribution in [0.25, 0.3) is 0 Å². The maximum atomic E-state index is 11.7. The minimum absolute atomic E-state index is 0.0556. The minimum atomic E-state index is 0.0556. The molecule has 1 aromatic heterocycles. The smallest absolute Gasteiger partial charge is 0.241 e. The Hall–Kier alpha value is -1.85. The van der Waals surface area contributed by atoms with Gasteiger partial charge >= 0.3 is 0 Å². The molecule has 0 bridgehead atoms. The molecule has 0 unspecified atom stereocenters. The van der Waals surface area contributed by atoms with Gasteiger partial charge in [-0.3, -0.25) is 4.79 Å². The highest BCUT2D eigenvalue weighted by atomic mass is 16.2. The number of nitrogens with one attached hydrogen (secondary N) is 2. The molecule has 0 aliphatic heterocycles. The first-order valence-electron chi connectivity index (χ1n) is 6.68. The fourth-order valence-corrected chi connectivity index (χ4v) is 1.69. The normalized spacial score (nSPS) is 14.1. The van der Waals surface area contributed by atoms with Crippen molar-refractivity contribution in [1.29, 1.82) is 0 Å². The van der Waals surface area contributed by atoms with E-state index in [2.05, 4.69) is 20.6 Å². The Labute approximate surface area is 113 Å². The van der Waals surface area contributed by atoms with E-state index in [1.54, 1.807) is 11.9 Å². The molecule has 2 N–H and O–H groups in total. The molecule has 1 amide bonds. The van der Waals surface area contributed by atoms with Crippen molar-refractivity contribution in [1.82, 2.24) is 14.9 Å². The Kier molecular flexibility index (Phi) is 4.19. The van der Waals surface area contributed by atoms with Crippen LogP contribution in [0.15, 0.2) is 6.07 Å². The molecule has 0 spiro atoms. The van der Waals surface area contributed by atoms with Gasteiger partial charge in [-0.1, -0.05) is 0 Å².